The van der Waals surface area contributed by atoms with Gasteiger partial charge in [-0.05, 0) is 38.7 Å². The standard InChI is InChI=1S/C22H24N6O3/c1-13-12-18(25-21(31)20(30)23-14(2)15-8-4-3-5-9-15)28(27-13)22-24-17-11-7-6-10-16(17)19(29)26-22/h3-5,8-9,12,14,16H,6-7,10-11H2,1-2H3,(H,23,30)(H,25,31). The molecular weight excluding hydrogens is 396 g/mol. The van der Waals surface area contributed by atoms with Gasteiger partial charge < -0.3 is 10.6 Å². The van der Waals surface area contributed by atoms with E-state index in [-0.39, 0.29) is 29.6 Å². The van der Waals surface area contributed by atoms with Gasteiger partial charge in [-0.1, -0.05) is 36.8 Å². The van der Waals surface area contributed by atoms with Crippen molar-refractivity contribution in [3.8, 4) is 0 Å². The lowest BCUT2D eigenvalue weighted by atomic mass is 9.86. The average Bonchev–Trinajstić information content (AvgIpc) is 3.14. The average molecular weight is 420 g/mol. The van der Waals surface area contributed by atoms with Gasteiger partial charge in [0.25, 0.3) is 11.9 Å². The van der Waals surface area contributed by atoms with Crippen molar-refractivity contribution in [2.24, 2.45) is 15.9 Å². The Labute approximate surface area is 179 Å². The smallest absolute Gasteiger partial charge is 0.314 e. The molecule has 0 spiro atoms. The molecule has 1 aliphatic heterocycles. The highest BCUT2D eigenvalue weighted by atomic mass is 16.2. The lowest BCUT2D eigenvalue weighted by Crippen LogP contribution is -2.38. The summed E-state index contributed by atoms with van der Waals surface area (Å²) in [6.45, 7) is 3.54. The molecule has 31 heavy (non-hydrogen) atoms. The number of hydrogen-bond donors (Lipinski definition) is 2. The monoisotopic (exact) mass is 420 g/mol. The first-order valence-electron chi connectivity index (χ1n) is 10.4. The zero-order chi connectivity index (χ0) is 22.0. The molecule has 0 saturated heterocycles. The van der Waals surface area contributed by atoms with Gasteiger partial charge in [0, 0.05) is 11.8 Å². The maximum Gasteiger partial charge on any atom is 0.314 e. The number of aliphatic imine (C=N–C) groups is 2. The van der Waals surface area contributed by atoms with E-state index in [0.717, 1.165) is 37.0 Å². The summed E-state index contributed by atoms with van der Waals surface area (Å²) in [5, 5.41) is 9.54. The molecule has 1 aromatic heterocycles. The number of nitrogens with zero attached hydrogens (tertiary/aromatic N) is 4. The first-order chi connectivity index (χ1) is 14.9. The van der Waals surface area contributed by atoms with Gasteiger partial charge in [0.05, 0.1) is 17.7 Å². The zero-order valence-corrected chi connectivity index (χ0v) is 17.5. The molecule has 1 aliphatic carbocycles. The van der Waals surface area contributed by atoms with Crippen LogP contribution in [0.15, 0.2) is 46.4 Å². The molecule has 2 atom stereocenters. The van der Waals surface area contributed by atoms with Crippen LogP contribution in [-0.4, -0.2) is 39.2 Å². The van der Waals surface area contributed by atoms with Crippen LogP contribution >= 0.6 is 0 Å². The fourth-order valence-electron chi connectivity index (χ4n) is 3.82. The topological polar surface area (TPSA) is 118 Å². The number of nitrogens with one attached hydrogen (secondary N) is 2. The van der Waals surface area contributed by atoms with E-state index >= 15 is 0 Å². The second kappa shape index (κ2) is 8.63. The number of aromatic nitrogens is 2. The molecule has 1 fully saturated rings. The maximum absolute atomic E-state index is 12.5. The molecule has 1 aromatic carbocycles. The number of fused-ring (bicyclic) bond motifs is 1. The van der Waals surface area contributed by atoms with E-state index in [1.807, 2.05) is 30.3 Å². The van der Waals surface area contributed by atoms with Gasteiger partial charge >= 0.3 is 11.8 Å². The quantitative estimate of drug-likeness (QED) is 0.741. The molecule has 2 aromatic rings. The Balaban J connectivity index is 1.50. The van der Waals surface area contributed by atoms with Crippen molar-refractivity contribution in [3.05, 3.63) is 47.7 Å². The number of hydrogen-bond acceptors (Lipinski definition) is 5. The molecule has 0 radical (unpaired) electrons. The second-order valence-corrected chi connectivity index (χ2v) is 7.79. The molecule has 9 heteroatoms. The van der Waals surface area contributed by atoms with Crippen molar-refractivity contribution in [2.45, 2.75) is 45.6 Å². The Kier molecular flexibility index (Phi) is 5.75. The van der Waals surface area contributed by atoms with Gasteiger partial charge in [-0.25, -0.2) is 4.99 Å². The number of carbonyl (C=O) groups excluding carboxylic acids is 3. The van der Waals surface area contributed by atoms with Crippen molar-refractivity contribution in [1.82, 2.24) is 15.1 Å². The van der Waals surface area contributed by atoms with Crippen LogP contribution in [-0.2, 0) is 14.4 Å². The molecule has 4 rings (SSSR count). The molecule has 2 N–H and O–H groups in total. The number of aryl methyl sites for hydroxylation is 1. The largest absolute Gasteiger partial charge is 0.341 e. The fourth-order valence-corrected chi connectivity index (χ4v) is 3.82. The second-order valence-electron chi connectivity index (χ2n) is 7.79. The molecule has 9 nitrogen and oxygen atoms in total. The summed E-state index contributed by atoms with van der Waals surface area (Å²) in [7, 11) is 0. The van der Waals surface area contributed by atoms with Gasteiger partial charge in [-0.2, -0.15) is 14.8 Å². The maximum atomic E-state index is 12.5. The normalized spacial score (nSPS) is 19.0. The van der Waals surface area contributed by atoms with Gasteiger partial charge in [-0.3, -0.25) is 14.4 Å². The lowest BCUT2D eigenvalue weighted by molar-refractivity contribution is -0.136. The zero-order valence-electron chi connectivity index (χ0n) is 17.5. The van der Waals surface area contributed by atoms with Gasteiger partial charge in [-0.15, -0.1) is 0 Å². The Morgan fingerprint density at radius 1 is 1.13 bits per heavy atom. The summed E-state index contributed by atoms with van der Waals surface area (Å²) in [4.78, 5) is 46.0. The minimum Gasteiger partial charge on any atom is -0.341 e. The first kappa shape index (κ1) is 20.6. The Morgan fingerprint density at radius 2 is 1.90 bits per heavy atom. The summed E-state index contributed by atoms with van der Waals surface area (Å²) in [6, 6.07) is 10.6. The highest BCUT2D eigenvalue weighted by Crippen LogP contribution is 2.26. The summed E-state index contributed by atoms with van der Waals surface area (Å²) >= 11 is 0. The van der Waals surface area contributed by atoms with Crippen molar-refractivity contribution in [1.29, 1.82) is 0 Å². The van der Waals surface area contributed by atoms with Crippen molar-refractivity contribution < 1.29 is 14.4 Å². The van der Waals surface area contributed by atoms with Crippen LogP contribution in [0.1, 0.15) is 49.9 Å². The fraction of sp³-hybridized carbons (Fsp3) is 0.364. The Hall–Kier alpha value is -3.62. The van der Waals surface area contributed by atoms with Gasteiger partial charge in [0.15, 0.2) is 0 Å². The van der Waals surface area contributed by atoms with Gasteiger partial charge in [0.2, 0.25) is 0 Å². The molecule has 2 unspecified atom stereocenters. The summed E-state index contributed by atoms with van der Waals surface area (Å²) < 4.78 is 1.30. The number of carbonyl (C=O) groups is 3. The Morgan fingerprint density at radius 3 is 2.68 bits per heavy atom. The molecule has 0 bridgehead atoms. The predicted octanol–water partition coefficient (Wildman–Crippen LogP) is 2.38. The van der Waals surface area contributed by atoms with Crippen molar-refractivity contribution in [2.75, 3.05) is 5.32 Å². The van der Waals surface area contributed by atoms with E-state index < -0.39 is 11.8 Å². The van der Waals surface area contributed by atoms with Crippen LogP contribution in [0, 0.1) is 12.8 Å². The molecule has 2 aliphatic rings. The minimum absolute atomic E-state index is 0.111. The molecule has 1 saturated carbocycles. The summed E-state index contributed by atoms with van der Waals surface area (Å²) in [5.41, 5.74) is 2.29. The third-order valence-electron chi connectivity index (χ3n) is 5.45. The van der Waals surface area contributed by atoms with Crippen molar-refractivity contribution in [3.63, 3.8) is 0 Å². The SMILES string of the molecule is Cc1cc(NC(=O)C(=O)NC(C)c2ccccc2)n(C2=NC(=O)C3CCCCC3=N2)n1. The van der Waals surface area contributed by atoms with Crippen molar-refractivity contribution >= 4 is 35.2 Å². The van der Waals surface area contributed by atoms with E-state index in [1.165, 1.54) is 4.68 Å². The third-order valence-corrected chi connectivity index (χ3v) is 5.45. The molecular formula is C22H24N6O3. The van der Waals surface area contributed by atoms with Gasteiger partial charge in [0.1, 0.15) is 5.82 Å². The minimum atomic E-state index is -0.838. The third kappa shape index (κ3) is 4.45. The van der Waals surface area contributed by atoms with Crippen LogP contribution in [0.4, 0.5) is 5.82 Å². The van der Waals surface area contributed by atoms with Crippen LogP contribution in [0.5, 0.6) is 0 Å². The van der Waals surface area contributed by atoms with Crippen LogP contribution in [0.25, 0.3) is 0 Å². The molecule has 3 amide bonds. The number of anilines is 1. The highest BCUT2D eigenvalue weighted by Gasteiger charge is 2.32. The van der Waals surface area contributed by atoms with E-state index in [2.05, 4.69) is 25.7 Å². The van der Waals surface area contributed by atoms with E-state index in [0.29, 0.717) is 5.69 Å². The van der Waals surface area contributed by atoms with Crippen LogP contribution < -0.4 is 10.6 Å². The summed E-state index contributed by atoms with van der Waals surface area (Å²) in [6.07, 6.45) is 3.48. The number of amides is 3. The van der Waals surface area contributed by atoms with E-state index in [4.69, 9.17) is 0 Å². The van der Waals surface area contributed by atoms with Crippen LogP contribution in [0.2, 0.25) is 0 Å². The van der Waals surface area contributed by atoms with E-state index in [1.54, 1.807) is 19.9 Å². The molecule has 2 heterocycles. The highest BCUT2D eigenvalue weighted by molar-refractivity contribution is 6.39. The Bertz CT molecular complexity index is 1090. The summed E-state index contributed by atoms with van der Waals surface area (Å²) in [5.74, 6) is -1.76. The number of rotatable bonds is 3. The predicted molar refractivity (Wildman–Crippen MR) is 116 cm³/mol. The number of benzene rings is 1. The van der Waals surface area contributed by atoms with Crippen LogP contribution in [0.3, 0.4) is 0 Å². The first-order valence-corrected chi connectivity index (χ1v) is 10.4. The van der Waals surface area contributed by atoms with E-state index in [9.17, 15) is 14.4 Å². The lowest BCUT2D eigenvalue weighted by Gasteiger charge is -2.24. The molecule has 160 valence electrons.